The molecule has 0 saturated heterocycles. The first-order valence-electron chi connectivity index (χ1n) is 8.99. The number of hydrogen-bond acceptors (Lipinski definition) is 4. The van der Waals surface area contributed by atoms with Gasteiger partial charge in [-0.2, -0.15) is 4.68 Å². The summed E-state index contributed by atoms with van der Waals surface area (Å²) in [6.07, 6.45) is 0. The summed E-state index contributed by atoms with van der Waals surface area (Å²) in [5.41, 5.74) is 4.62. The zero-order valence-electron chi connectivity index (χ0n) is 15.2. The summed E-state index contributed by atoms with van der Waals surface area (Å²) < 4.78 is 1.77. The molecule has 5 nitrogen and oxygen atoms in total. The third-order valence-corrected chi connectivity index (χ3v) is 4.54. The van der Waals surface area contributed by atoms with E-state index in [0.717, 1.165) is 11.5 Å². The van der Waals surface area contributed by atoms with E-state index in [1.165, 1.54) is 16.7 Å². The second kappa shape index (κ2) is 7.93. The van der Waals surface area contributed by atoms with Crippen LogP contribution in [-0.2, 0) is 6.54 Å². The zero-order chi connectivity index (χ0) is 18.5. The van der Waals surface area contributed by atoms with E-state index in [0.29, 0.717) is 6.54 Å². The molecule has 4 rings (SSSR count). The van der Waals surface area contributed by atoms with E-state index in [1.54, 1.807) is 4.68 Å². The number of benzene rings is 3. The van der Waals surface area contributed by atoms with Crippen molar-refractivity contribution < 1.29 is 0 Å². The summed E-state index contributed by atoms with van der Waals surface area (Å²) in [5, 5.41) is 15.8. The first-order valence-corrected chi connectivity index (χ1v) is 8.99. The molecule has 27 heavy (non-hydrogen) atoms. The summed E-state index contributed by atoms with van der Waals surface area (Å²) >= 11 is 0. The van der Waals surface area contributed by atoms with Gasteiger partial charge in [0.25, 0.3) is 0 Å². The standard InChI is InChI=1S/C22H21N5/c1-17-12-14-19(15-13-17)22(18-8-4-2-5-9-18)23-16-21-24-25-26-27(21)20-10-6-3-7-11-20/h2-15,22-23H,16H2,1H3/t22-/m1/s1. The monoisotopic (exact) mass is 355 g/mol. The highest BCUT2D eigenvalue weighted by atomic mass is 15.5. The van der Waals surface area contributed by atoms with Gasteiger partial charge in [0.15, 0.2) is 5.82 Å². The average molecular weight is 355 g/mol. The molecule has 0 aliphatic carbocycles. The van der Waals surface area contributed by atoms with Crippen LogP contribution >= 0.6 is 0 Å². The van der Waals surface area contributed by atoms with Crippen molar-refractivity contribution in [3.8, 4) is 5.69 Å². The Morgan fingerprint density at radius 1 is 0.815 bits per heavy atom. The van der Waals surface area contributed by atoms with E-state index in [-0.39, 0.29) is 6.04 Å². The molecule has 4 aromatic rings. The van der Waals surface area contributed by atoms with E-state index in [2.05, 4.69) is 76.3 Å². The SMILES string of the molecule is Cc1ccc([C@H](NCc2nnnn2-c2ccccc2)c2ccccc2)cc1. The fraction of sp³-hybridized carbons (Fsp3) is 0.136. The van der Waals surface area contributed by atoms with Crippen molar-refractivity contribution in [1.29, 1.82) is 0 Å². The highest BCUT2D eigenvalue weighted by Gasteiger charge is 2.16. The van der Waals surface area contributed by atoms with E-state index in [9.17, 15) is 0 Å². The van der Waals surface area contributed by atoms with Crippen LogP contribution in [-0.4, -0.2) is 20.2 Å². The second-order valence-corrected chi connectivity index (χ2v) is 6.48. The summed E-state index contributed by atoms with van der Waals surface area (Å²) in [4.78, 5) is 0. The van der Waals surface area contributed by atoms with Crippen molar-refractivity contribution >= 4 is 0 Å². The van der Waals surface area contributed by atoms with Crippen LogP contribution in [0.1, 0.15) is 28.6 Å². The molecule has 0 aliphatic heterocycles. The molecule has 0 fully saturated rings. The molecule has 0 saturated carbocycles. The molecular formula is C22H21N5. The molecule has 0 amide bonds. The van der Waals surface area contributed by atoms with Crippen molar-refractivity contribution in [3.63, 3.8) is 0 Å². The van der Waals surface area contributed by atoms with Crippen molar-refractivity contribution in [2.75, 3.05) is 0 Å². The fourth-order valence-corrected chi connectivity index (χ4v) is 3.11. The number of nitrogens with one attached hydrogen (secondary N) is 1. The third-order valence-electron chi connectivity index (χ3n) is 4.54. The van der Waals surface area contributed by atoms with Crippen LogP contribution in [0.2, 0.25) is 0 Å². The minimum Gasteiger partial charge on any atom is -0.299 e. The van der Waals surface area contributed by atoms with Crippen molar-refractivity contribution in [2.24, 2.45) is 0 Å². The fourth-order valence-electron chi connectivity index (χ4n) is 3.11. The van der Waals surface area contributed by atoms with Crippen LogP contribution in [0.5, 0.6) is 0 Å². The van der Waals surface area contributed by atoms with Gasteiger partial charge in [0.05, 0.1) is 18.3 Å². The lowest BCUT2D eigenvalue weighted by Crippen LogP contribution is -2.24. The van der Waals surface area contributed by atoms with Gasteiger partial charge in [-0.15, -0.1) is 5.10 Å². The molecule has 134 valence electrons. The third kappa shape index (κ3) is 3.93. The van der Waals surface area contributed by atoms with Gasteiger partial charge in [-0.05, 0) is 40.6 Å². The van der Waals surface area contributed by atoms with E-state index in [4.69, 9.17) is 0 Å². The maximum absolute atomic E-state index is 4.21. The van der Waals surface area contributed by atoms with Gasteiger partial charge in [-0.1, -0.05) is 78.4 Å². The molecule has 0 unspecified atom stereocenters. The van der Waals surface area contributed by atoms with Gasteiger partial charge in [0, 0.05) is 0 Å². The maximum atomic E-state index is 4.21. The van der Waals surface area contributed by atoms with Gasteiger partial charge >= 0.3 is 0 Å². The minimum absolute atomic E-state index is 0.0627. The Kier molecular flexibility index (Phi) is 5.03. The van der Waals surface area contributed by atoms with Crippen LogP contribution in [0.4, 0.5) is 0 Å². The second-order valence-electron chi connectivity index (χ2n) is 6.48. The number of aryl methyl sites for hydroxylation is 1. The first-order chi connectivity index (χ1) is 13.3. The lowest BCUT2D eigenvalue weighted by molar-refractivity contribution is 0.576. The highest BCUT2D eigenvalue weighted by molar-refractivity contribution is 5.34. The summed E-state index contributed by atoms with van der Waals surface area (Å²) in [5.74, 6) is 0.772. The molecule has 0 aliphatic rings. The predicted molar refractivity (Wildman–Crippen MR) is 105 cm³/mol. The van der Waals surface area contributed by atoms with Gasteiger partial charge in [-0.25, -0.2) is 0 Å². The zero-order valence-corrected chi connectivity index (χ0v) is 15.2. The Morgan fingerprint density at radius 3 is 2.15 bits per heavy atom. The van der Waals surface area contributed by atoms with Gasteiger partial charge in [0.2, 0.25) is 0 Å². The van der Waals surface area contributed by atoms with Crippen LogP contribution in [0.3, 0.4) is 0 Å². The first kappa shape index (κ1) is 17.1. The van der Waals surface area contributed by atoms with E-state index >= 15 is 0 Å². The molecule has 1 atom stereocenters. The lowest BCUT2D eigenvalue weighted by atomic mass is 9.98. The quantitative estimate of drug-likeness (QED) is 0.571. The number of tetrazole rings is 1. The largest absolute Gasteiger partial charge is 0.299 e. The number of hydrogen-bond donors (Lipinski definition) is 1. The Hall–Kier alpha value is -3.31. The molecule has 5 heteroatoms. The van der Waals surface area contributed by atoms with Crippen LogP contribution in [0.15, 0.2) is 84.9 Å². The van der Waals surface area contributed by atoms with Gasteiger partial charge in [0.1, 0.15) is 0 Å². The maximum Gasteiger partial charge on any atom is 0.170 e. The number of nitrogens with zero attached hydrogens (tertiary/aromatic N) is 4. The Balaban J connectivity index is 1.60. The smallest absolute Gasteiger partial charge is 0.170 e. The Labute approximate surface area is 158 Å². The molecule has 1 N–H and O–H groups in total. The van der Waals surface area contributed by atoms with E-state index < -0.39 is 0 Å². The topological polar surface area (TPSA) is 55.6 Å². The van der Waals surface area contributed by atoms with Crippen molar-refractivity contribution in [2.45, 2.75) is 19.5 Å². The Morgan fingerprint density at radius 2 is 1.44 bits per heavy atom. The molecule has 3 aromatic carbocycles. The van der Waals surface area contributed by atoms with Crippen molar-refractivity contribution in [1.82, 2.24) is 25.5 Å². The molecule has 0 radical (unpaired) electrons. The molecular weight excluding hydrogens is 334 g/mol. The van der Waals surface area contributed by atoms with Crippen molar-refractivity contribution in [3.05, 3.63) is 107 Å². The summed E-state index contributed by atoms with van der Waals surface area (Å²) in [7, 11) is 0. The molecule has 0 spiro atoms. The predicted octanol–water partition coefficient (Wildman–Crippen LogP) is 3.85. The molecule has 0 bridgehead atoms. The highest BCUT2D eigenvalue weighted by Crippen LogP contribution is 2.23. The molecule has 1 heterocycles. The van der Waals surface area contributed by atoms with Crippen LogP contribution < -0.4 is 5.32 Å². The number of aromatic nitrogens is 4. The minimum atomic E-state index is 0.0627. The average Bonchev–Trinajstić information content (AvgIpc) is 3.19. The Bertz CT molecular complexity index is 978. The lowest BCUT2D eigenvalue weighted by Gasteiger charge is -2.20. The molecule has 1 aromatic heterocycles. The normalized spacial score (nSPS) is 12.0. The number of rotatable bonds is 6. The number of para-hydroxylation sites is 1. The summed E-state index contributed by atoms with van der Waals surface area (Å²) in [6.45, 7) is 2.65. The van der Waals surface area contributed by atoms with Crippen LogP contribution in [0, 0.1) is 6.92 Å². The van der Waals surface area contributed by atoms with Gasteiger partial charge < -0.3 is 0 Å². The van der Waals surface area contributed by atoms with Gasteiger partial charge in [-0.3, -0.25) is 5.32 Å². The van der Waals surface area contributed by atoms with Crippen LogP contribution in [0.25, 0.3) is 5.69 Å². The summed E-state index contributed by atoms with van der Waals surface area (Å²) in [6, 6.07) is 29.0. The van der Waals surface area contributed by atoms with E-state index in [1.807, 2.05) is 36.4 Å².